The molecule has 3 N–H and O–H groups in total. The van der Waals surface area contributed by atoms with E-state index in [0.717, 1.165) is 50.2 Å². The highest BCUT2D eigenvalue weighted by atomic mass is 32.2. The van der Waals surface area contributed by atoms with Gasteiger partial charge in [-0.05, 0) is 50.5 Å². The number of anilines is 2. The maximum absolute atomic E-state index is 12.6. The highest BCUT2D eigenvalue weighted by molar-refractivity contribution is 7.99. The minimum atomic E-state index is -0.0607. The number of thioether (sulfide) groups is 1. The monoisotopic (exact) mass is 450 g/mol. The maximum atomic E-state index is 12.6. The molecule has 0 atom stereocenters. The quantitative estimate of drug-likeness (QED) is 0.409. The predicted molar refractivity (Wildman–Crippen MR) is 127 cm³/mol. The van der Waals surface area contributed by atoms with E-state index in [2.05, 4.69) is 31.1 Å². The van der Waals surface area contributed by atoms with Crippen molar-refractivity contribution in [3.63, 3.8) is 0 Å². The van der Waals surface area contributed by atoms with Gasteiger partial charge in [0.1, 0.15) is 4.83 Å². The Bertz CT molecular complexity index is 1290. The average molecular weight is 451 g/mol. The maximum Gasteiger partial charge on any atom is 0.234 e. The summed E-state index contributed by atoms with van der Waals surface area (Å²) in [4.78, 5) is 18.8. The van der Waals surface area contributed by atoms with Gasteiger partial charge in [0.25, 0.3) is 0 Å². The van der Waals surface area contributed by atoms with Crippen LogP contribution in [0.5, 0.6) is 0 Å². The summed E-state index contributed by atoms with van der Waals surface area (Å²) in [5.74, 6) is 0.969. The summed E-state index contributed by atoms with van der Waals surface area (Å²) in [6.45, 7) is 4.03. The Kier molecular flexibility index (Phi) is 5.15. The molecule has 1 aliphatic rings. The van der Waals surface area contributed by atoms with Gasteiger partial charge in [-0.3, -0.25) is 9.36 Å². The Morgan fingerprint density at radius 3 is 2.87 bits per heavy atom. The van der Waals surface area contributed by atoms with Gasteiger partial charge in [0.2, 0.25) is 5.91 Å². The fraction of sp³-hybridized carbons (Fsp3) is 0.273. The van der Waals surface area contributed by atoms with Crippen LogP contribution in [0.25, 0.3) is 20.9 Å². The Morgan fingerprint density at radius 1 is 1.29 bits per heavy atom. The number of nitrogens with two attached hydrogens (primary N) is 1. The van der Waals surface area contributed by atoms with Gasteiger partial charge in [0.05, 0.1) is 16.3 Å². The van der Waals surface area contributed by atoms with Crippen LogP contribution in [0.4, 0.5) is 11.4 Å². The number of hydrogen-bond donors (Lipinski definition) is 2. The zero-order chi connectivity index (χ0) is 21.5. The van der Waals surface area contributed by atoms with Gasteiger partial charge in [-0.2, -0.15) is 0 Å². The Balaban J connectivity index is 1.37. The topological polar surface area (TPSA) is 98.7 Å². The smallest absolute Gasteiger partial charge is 0.234 e. The van der Waals surface area contributed by atoms with Crippen molar-refractivity contribution in [2.75, 3.05) is 16.8 Å². The lowest BCUT2D eigenvalue weighted by atomic mass is 10.1. The van der Waals surface area contributed by atoms with Crippen LogP contribution in [0.3, 0.4) is 0 Å². The number of nitrogens with one attached hydrogen (secondary N) is 1. The number of aryl methyl sites for hydroxylation is 2. The van der Waals surface area contributed by atoms with Gasteiger partial charge in [-0.15, -0.1) is 21.5 Å². The molecule has 1 aromatic carbocycles. The van der Waals surface area contributed by atoms with E-state index in [0.29, 0.717) is 11.7 Å². The highest BCUT2D eigenvalue weighted by Gasteiger charge is 2.32. The molecular formula is C22H22N6OS2. The van der Waals surface area contributed by atoms with E-state index in [4.69, 9.17) is 5.73 Å². The Hall–Kier alpha value is -2.91. The number of amides is 1. The van der Waals surface area contributed by atoms with Crippen molar-refractivity contribution in [1.82, 2.24) is 19.7 Å². The molecule has 158 valence electrons. The van der Waals surface area contributed by atoms with Crippen molar-refractivity contribution in [3.8, 4) is 10.7 Å². The molecule has 0 bridgehead atoms. The number of rotatable bonds is 6. The third-order valence-corrected chi connectivity index (χ3v) is 7.34. The van der Waals surface area contributed by atoms with Crippen molar-refractivity contribution < 1.29 is 4.79 Å². The summed E-state index contributed by atoms with van der Waals surface area (Å²) in [6, 6.07) is 10.2. The number of aromatic nitrogens is 4. The number of carbonyl (C=O) groups is 1. The standard InChI is InChI=1S/C22H22N6OS2/c1-12-5-8-16(13(2)10-12)25-17(29)11-30-22-27-26-20(28(22)14-6-7-14)19-18(23)15-4-3-9-24-21(15)31-19/h3-5,8-10,14H,6-7,11,23H2,1-2H3,(H,25,29). The molecule has 7 nitrogen and oxygen atoms in total. The van der Waals surface area contributed by atoms with Crippen molar-refractivity contribution >= 4 is 50.6 Å². The number of carbonyl (C=O) groups excluding carboxylic acids is 1. The van der Waals surface area contributed by atoms with Gasteiger partial charge >= 0.3 is 0 Å². The van der Waals surface area contributed by atoms with Crippen LogP contribution in [0.15, 0.2) is 41.7 Å². The number of fused-ring (bicyclic) bond motifs is 1. The second-order valence-corrected chi connectivity index (χ2v) is 9.71. The summed E-state index contributed by atoms with van der Waals surface area (Å²) < 4.78 is 2.14. The van der Waals surface area contributed by atoms with Crippen LogP contribution in [-0.2, 0) is 4.79 Å². The van der Waals surface area contributed by atoms with Gasteiger partial charge in [-0.25, -0.2) is 4.98 Å². The lowest BCUT2D eigenvalue weighted by molar-refractivity contribution is -0.113. The Labute approximate surface area is 188 Å². The molecule has 1 saturated carbocycles. The fourth-order valence-corrected chi connectivity index (χ4v) is 5.43. The van der Waals surface area contributed by atoms with Gasteiger partial charge in [-0.1, -0.05) is 29.5 Å². The molecule has 3 heterocycles. The largest absolute Gasteiger partial charge is 0.397 e. The van der Waals surface area contributed by atoms with Crippen LogP contribution < -0.4 is 11.1 Å². The zero-order valence-corrected chi connectivity index (χ0v) is 18.9. The van der Waals surface area contributed by atoms with Crippen molar-refractivity contribution in [1.29, 1.82) is 0 Å². The van der Waals surface area contributed by atoms with Crippen LogP contribution in [0, 0.1) is 13.8 Å². The molecule has 31 heavy (non-hydrogen) atoms. The van der Waals surface area contributed by atoms with Crippen LogP contribution >= 0.6 is 23.1 Å². The first-order valence-electron chi connectivity index (χ1n) is 10.1. The third-order valence-electron chi connectivity index (χ3n) is 5.27. The second kappa shape index (κ2) is 7.97. The van der Waals surface area contributed by atoms with E-state index in [1.807, 2.05) is 38.1 Å². The number of hydrogen-bond acceptors (Lipinski definition) is 7. The summed E-state index contributed by atoms with van der Waals surface area (Å²) in [5.41, 5.74) is 10.2. The first-order chi connectivity index (χ1) is 15.0. The normalized spacial score (nSPS) is 13.6. The van der Waals surface area contributed by atoms with Crippen molar-refractivity contribution in [2.45, 2.75) is 37.9 Å². The van der Waals surface area contributed by atoms with Gasteiger partial charge < -0.3 is 11.1 Å². The molecule has 0 spiro atoms. The first kappa shape index (κ1) is 20.0. The lowest BCUT2D eigenvalue weighted by Gasteiger charge is -2.10. The zero-order valence-electron chi connectivity index (χ0n) is 17.3. The summed E-state index contributed by atoms with van der Waals surface area (Å²) in [5, 5.41) is 13.5. The lowest BCUT2D eigenvalue weighted by Crippen LogP contribution is -2.15. The van der Waals surface area contributed by atoms with E-state index < -0.39 is 0 Å². The summed E-state index contributed by atoms with van der Waals surface area (Å²) in [6.07, 6.45) is 3.93. The van der Waals surface area contributed by atoms with Crippen LogP contribution in [0.1, 0.15) is 30.0 Å². The average Bonchev–Trinajstić information content (AvgIpc) is 3.42. The van der Waals surface area contributed by atoms with Crippen molar-refractivity contribution in [3.05, 3.63) is 47.7 Å². The molecule has 1 fully saturated rings. The number of pyridine rings is 1. The molecule has 0 saturated heterocycles. The number of nitrogen functional groups attached to an aromatic ring is 1. The molecule has 3 aromatic heterocycles. The first-order valence-corrected chi connectivity index (χ1v) is 11.9. The van der Waals surface area contributed by atoms with Gasteiger partial charge in [0, 0.05) is 23.3 Å². The van der Waals surface area contributed by atoms with Crippen molar-refractivity contribution in [2.24, 2.45) is 0 Å². The van der Waals surface area contributed by atoms with E-state index >= 15 is 0 Å². The Morgan fingerprint density at radius 2 is 2.13 bits per heavy atom. The van der Waals surface area contributed by atoms with Crippen LogP contribution in [-0.4, -0.2) is 31.4 Å². The highest BCUT2D eigenvalue weighted by Crippen LogP contribution is 2.45. The van der Waals surface area contributed by atoms with E-state index in [1.165, 1.54) is 28.7 Å². The van der Waals surface area contributed by atoms with E-state index in [9.17, 15) is 4.79 Å². The predicted octanol–water partition coefficient (Wildman–Crippen LogP) is 4.82. The molecule has 1 amide bonds. The second-order valence-electron chi connectivity index (χ2n) is 7.76. The molecule has 9 heteroatoms. The molecule has 0 unspecified atom stereocenters. The number of thiophene rings is 1. The third kappa shape index (κ3) is 3.90. The molecule has 4 aromatic rings. The summed E-state index contributed by atoms with van der Waals surface area (Å²) in [7, 11) is 0. The molecule has 1 aliphatic carbocycles. The summed E-state index contributed by atoms with van der Waals surface area (Å²) >= 11 is 2.94. The SMILES string of the molecule is Cc1ccc(NC(=O)CSc2nnc(-c3sc4ncccc4c3N)n2C2CC2)c(C)c1. The molecule has 0 aliphatic heterocycles. The molecule has 5 rings (SSSR count). The van der Waals surface area contributed by atoms with Gasteiger partial charge in [0.15, 0.2) is 11.0 Å². The fourth-order valence-electron chi connectivity index (χ4n) is 3.58. The number of benzene rings is 1. The number of nitrogens with zero attached hydrogens (tertiary/aromatic N) is 4. The minimum Gasteiger partial charge on any atom is -0.397 e. The molecule has 0 radical (unpaired) electrons. The molecular weight excluding hydrogens is 428 g/mol. The minimum absolute atomic E-state index is 0.0607. The van der Waals surface area contributed by atoms with E-state index in [1.54, 1.807) is 6.20 Å². The van der Waals surface area contributed by atoms with Crippen LogP contribution in [0.2, 0.25) is 0 Å². The van der Waals surface area contributed by atoms with E-state index in [-0.39, 0.29) is 11.7 Å².